The number of aromatic nitrogens is 1. The summed E-state index contributed by atoms with van der Waals surface area (Å²) >= 11 is 6.14. The highest BCUT2D eigenvalue weighted by Gasteiger charge is 2.24. The molecule has 0 fully saturated rings. The van der Waals surface area contributed by atoms with Gasteiger partial charge in [-0.05, 0) is 29.8 Å². The molecule has 2 heterocycles. The molecule has 1 aliphatic rings. The van der Waals surface area contributed by atoms with Gasteiger partial charge in [0.05, 0.1) is 18.4 Å². The van der Waals surface area contributed by atoms with Crippen LogP contribution in [0.25, 0.3) is 10.9 Å². The minimum absolute atomic E-state index is 0.0372. The minimum atomic E-state index is -3.41. The van der Waals surface area contributed by atoms with E-state index in [1.165, 1.54) is 0 Å². The van der Waals surface area contributed by atoms with Crippen molar-refractivity contribution >= 4 is 44.1 Å². The number of H-pyrrole nitrogens is 1. The molecule has 1 aromatic heterocycles. The van der Waals surface area contributed by atoms with Crippen molar-refractivity contribution in [3.8, 4) is 0 Å². The third kappa shape index (κ3) is 3.86. The number of fused-ring (bicyclic) bond motifs is 3. The van der Waals surface area contributed by atoms with Crippen LogP contribution in [0.3, 0.4) is 0 Å². The van der Waals surface area contributed by atoms with E-state index in [9.17, 15) is 13.2 Å². The van der Waals surface area contributed by atoms with E-state index in [1.54, 1.807) is 24.3 Å². The molecule has 1 amide bonds. The molecule has 4 rings (SSSR count). The summed E-state index contributed by atoms with van der Waals surface area (Å²) in [6, 6.07) is 12.7. The monoisotopic (exact) mass is 417 g/mol. The quantitative estimate of drug-likeness (QED) is 0.683. The number of nitrogens with zero attached hydrogens (tertiary/aromatic N) is 1. The molecule has 0 radical (unpaired) electrons. The van der Waals surface area contributed by atoms with Crippen LogP contribution in [0.5, 0.6) is 0 Å². The Morgan fingerprint density at radius 2 is 2.04 bits per heavy atom. The van der Waals surface area contributed by atoms with E-state index in [4.69, 9.17) is 11.6 Å². The van der Waals surface area contributed by atoms with E-state index < -0.39 is 10.0 Å². The summed E-state index contributed by atoms with van der Waals surface area (Å²) in [5, 5.41) is 1.71. The zero-order valence-electron chi connectivity index (χ0n) is 15.3. The molecule has 0 saturated carbocycles. The van der Waals surface area contributed by atoms with Crippen molar-refractivity contribution in [3.05, 3.63) is 64.3 Å². The number of amides is 1. The molecule has 8 heteroatoms. The highest BCUT2D eigenvalue weighted by Crippen LogP contribution is 2.30. The van der Waals surface area contributed by atoms with Crippen LogP contribution >= 0.6 is 11.6 Å². The molecular weight excluding hydrogens is 398 g/mol. The molecule has 0 aliphatic carbocycles. The summed E-state index contributed by atoms with van der Waals surface area (Å²) in [5.41, 5.74) is 4.35. The zero-order valence-corrected chi connectivity index (χ0v) is 16.9. The van der Waals surface area contributed by atoms with Gasteiger partial charge in [-0.1, -0.05) is 29.8 Å². The van der Waals surface area contributed by atoms with E-state index in [0.29, 0.717) is 29.4 Å². The van der Waals surface area contributed by atoms with Gasteiger partial charge in [0.15, 0.2) is 0 Å². The average Bonchev–Trinajstić information content (AvgIpc) is 2.99. The predicted molar refractivity (Wildman–Crippen MR) is 111 cm³/mol. The number of carbonyl (C=O) groups is 1. The van der Waals surface area contributed by atoms with Crippen molar-refractivity contribution in [1.29, 1.82) is 0 Å². The molecule has 1 aliphatic heterocycles. The van der Waals surface area contributed by atoms with Crippen molar-refractivity contribution in [2.45, 2.75) is 19.4 Å². The molecule has 0 saturated heterocycles. The first-order chi connectivity index (χ1) is 13.3. The molecule has 0 unspecified atom stereocenters. The van der Waals surface area contributed by atoms with Crippen LogP contribution in [0.2, 0.25) is 5.02 Å². The zero-order chi connectivity index (χ0) is 19.9. The molecule has 0 atom stereocenters. The van der Waals surface area contributed by atoms with Crippen LogP contribution in [-0.2, 0) is 34.2 Å². The van der Waals surface area contributed by atoms with E-state index in [-0.39, 0.29) is 12.3 Å². The Kier molecular flexibility index (Phi) is 4.81. The highest BCUT2D eigenvalue weighted by atomic mass is 35.5. The van der Waals surface area contributed by atoms with Crippen LogP contribution in [0.15, 0.2) is 42.5 Å². The Balaban J connectivity index is 1.56. The van der Waals surface area contributed by atoms with Crippen molar-refractivity contribution in [2.24, 2.45) is 0 Å². The maximum Gasteiger partial charge on any atom is 0.229 e. The van der Waals surface area contributed by atoms with Crippen LogP contribution in [-0.4, -0.2) is 37.0 Å². The number of benzene rings is 2. The lowest BCUT2D eigenvalue weighted by molar-refractivity contribution is -0.131. The van der Waals surface area contributed by atoms with Gasteiger partial charge in [0, 0.05) is 46.7 Å². The van der Waals surface area contributed by atoms with E-state index in [1.807, 2.05) is 23.1 Å². The number of sulfonamides is 1. The van der Waals surface area contributed by atoms with Gasteiger partial charge >= 0.3 is 0 Å². The van der Waals surface area contributed by atoms with Gasteiger partial charge in [-0.25, -0.2) is 8.42 Å². The molecule has 6 nitrogen and oxygen atoms in total. The lowest BCUT2D eigenvalue weighted by atomic mass is 10.0. The molecule has 28 heavy (non-hydrogen) atoms. The van der Waals surface area contributed by atoms with Gasteiger partial charge in [0.1, 0.15) is 0 Å². The van der Waals surface area contributed by atoms with Crippen LogP contribution < -0.4 is 4.72 Å². The van der Waals surface area contributed by atoms with E-state index >= 15 is 0 Å². The fourth-order valence-electron chi connectivity index (χ4n) is 3.65. The third-order valence-corrected chi connectivity index (χ3v) is 5.77. The molecule has 0 bridgehead atoms. The summed E-state index contributed by atoms with van der Waals surface area (Å²) in [6.07, 6.45) is 1.98. The number of halogens is 1. The van der Waals surface area contributed by atoms with Gasteiger partial charge in [0.2, 0.25) is 15.9 Å². The molecular formula is C20H20ClN3O3S. The van der Waals surface area contributed by atoms with Crippen LogP contribution in [0, 0.1) is 0 Å². The summed E-state index contributed by atoms with van der Waals surface area (Å²) in [7, 11) is -3.41. The second-order valence-electron chi connectivity index (χ2n) is 7.05. The number of para-hydroxylation sites is 1. The maximum absolute atomic E-state index is 12.9. The Bertz CT molecular complexity index is 1170. The van der Waals surface area contributed by atoms with Crippen molar-refractivity contribution in [1.82, 2.24) is 9.88 Å². The first-order valence-electron chi connectivity index (χ1n) is 8.92. The normalized spacial score (nSPS) is 14.1. The average molecular weight is 418 g/mol. The summed E-state index contributed by atoms with van der Waals surface area (Å²) < 4.78 is 25.6. The molecule has 3 aromatic rings. The number of hydrogen-bond acceptors (Lipinski definition) is 3. The first-order valence-corrected chi connectivity index (χ1v) is 11.2. The number of hydrogen-bond donors (Lipinski definition) is 2. The Labute approximate surface area is 168 Å². The van der Waals surface area contributed by atoms with Gasteiger partial charge in [-0.3, -0.25) is 9.52 Å². The highest BCUT2D eigenvalue weighted by molar-refractivity contribution is 7.92. The lowest BCUT2D eigenvalue weighted by Gasteiger charge is -2.27. The molecule has 2 N–H and O–H groups in total. The summed E-state index contributed by atoms with van der Waals surface area (Å²) in [6.45, 7) is 1.13. The topological polar surface area (TPSA) is 82.3 Å². The van der Waals surface area contributed by atoms with Gasteiger partial charge in [0.25, 0.3) is 0 Å². The van der Waals surface area contributed by atoms with E-state index in [0.717, 1.165) is 34.8 Å². The predicted octanol–water partition coefficient (Wildman–Crippen LogP) is 3.32. The molecule has 146 valence electrons. The van der Waals surface area contributed by atoms with Crippen molar-refractivity contribution in [2.75, 3.05) is 17.5 Å². The number of nitrogens with one attached hydrogen (secondary N) is 2. The minimum Gasteiger partial charge on any atom is -0.358 e. The number of anilines is 1. The number of rotatable bonds is 4. The Morgan fingerprint density at radius 1 is 1.25 bits per heavy atom. The number of aromatic amines is 1. The van der Waals surface area contributed by atoms with Crippen LogP contribution in [0.1, 0.15) is 16.8 Å². The SMILES string of the molecule is CS(=O)(=O)Nc1ccccc1CC(=O)N1CCc2[nH]c3ccc(Cl)cc3c2C1. The first kappa shape index (κ1) is 18.8. The molecule has 0 spiro atoms. The third-order valence-electron chi connectivity index (χ3n) is 4.94. The fraction of sp³-hybridized carbons (Fsp3) is 0.250. The fourth-order valence-corrected chi connectivity index (χ4v) is 4.42. The summed E-state index contributed by atoms with van der Waals surface area (Å²) in [5.74, 6) is -0.0372. The van der Waals surface area contributed by atoms with Crippen molar-refractivity contribution in [3.63, 3.8) is 0 Å². The van der Waals surface area contributed by atoms with Crippen molar-refractivity contribution < 1.29 is 13.2 Å². The van der Waals surface area contributed by atoms with E-state index in [2.05, 4.69) is 9.71 Å². The second-order valence-corrected chi connectivity index (χ2v) is 9.23. The standard InChI is InChI=1S/C20H20ClN3O3S/c1-28(26,27)23-17-5-3-2-4-13(17)10-20(25)24-9-8-19-16(12-24)15-11-14(21)6-7-18(15)22-19/h2-7,11,22-23H,8-10,12H2,1H3. The largest absolute Gasteiger partial charge is 0.358 e. The van der Waals surface area contributed by atoms with Gasteiger partial charge in [-0.15, -0.1) is 0 Å². The van der Waals surface area contributed by atoms with Gasteiger partial charge < -0.3 is 9.88 Å². The number of carbonyl (C=O) groups excluding carboxylic acids is 1. The smallest absolute Gasteiger partial charge is 0.229 e. The van der Waals surface area contributed by atoms with Crippen LogP contribution in [0.4, 0.5) is 5.69 Å². The Hall–Kier alpha value is -2.51. The maximum atomic E-state index is 12.9. The Morgan fingerprint density at radius 3 is 2.82 bits per heavy atom. The lowest BCUT2D eigenvalue weighted by Crippen LogP contribution is -2.36. The molecule has 2 aromatic carbocycles. The van der Waals surface area contributed by atoms with Gasteiger partial charge in [-0.2, -0.15) is 0 Å². The second kappa shape index (κ2) is 7.14. The summed E-state index contributed by atoms with van der Waals surface area (Å²) in [4.78, 5) is 18.2.